The monoisotopic (exact) mass is 389 g/mol. The Balaban J connectivity index is 1.67. The van der Waals surface area contributed by atoms with E-state index in [0.717, 1.165) is 18.5 Å². The second-order valence-electron chi connectivity index (χ2n) is 8.24. The summed E-state index contributed by atoms with van der Waals surface area (Å²) in [6.45, 7) is 9.76. The molecule has 152 valence electrons. The van der Waals surface area contributed by atoms with E-state index < -0.39 is 11.6 Å². The first-order chi connectivity index (χ1) is 13.3. The number of hydrogen-bond acceptors (Lipinski definition) is 2. The predicted molar refractivity (Wildman–Crippen MR) is 105 cm³/mol. The van der Waals surface area contributed by atoms with Crippen molar-refractivity contribution in [3.05, 3.63) is 52.9 Å². The van der Waals surface area contributed by atoms with Gasteiger partial charge in [-0.3, -0.25) is 9.48 Å². The topological polar surface area (TPSA) is 38.1 Å². The van der Waals surface area contributed by atoms with Gasteiger partial charge >= 0.3 is 0 Å². The van der Waals surface area contributed by atoms with Crippen LogP contribution in [0.25, 0.3) is 0 Å². The zero-order chi connectivity index (χ0) is 20.4. The summed E-state index contributed by atoms with van der Waals surface area (Å²) in [5.41, 5.74) is 2.17. The van der Waals surface area contributed by atoms with Gasteiger partial charge in [-0.25, -0.2) is 8.78 Å². The fourth-order valence-corrected chi connectivity index (χ4v) is 3.76. The molecule has 0 spiro atoms. The number of halogens is 2. The lowest BCUT2D eigenvalue weighted by Gasteiger charge is -2.33. The molecule has 0 unspecified atom stereocenters. The van der Waals surface area contributed by atoms with Crippen LogP contribution in [0.4, 0.5) is 8.78 Å². The minimum atomic E-state index is -0.664. The lowest BCUT2D eigenvalue weighted by Crippen LogP contribution is -2.40. The van der Waals surface area contributed by atoms with Crippen molar-refractivity contribution < 1.29 is 13.6 Å². The second kappa shape index (κ2) is 8.41. The van der Waals surface area contributed by atoms with Gasteiger partial charge in [-0.2, -0.15) is 5.10 Å². The molecule has 0 saturated carbocycles. The molecular formula is C22H29F2N3O. The minimum Gasteiger partial charge on any atom is -0.342 e. The van der Waals surface area contributed by atoms with E-state index in [1.54, 1.807) is 4.90 Å². The van der Waals surface area contributed by atoms with Gasteiger partial charge in [0.05, 0.1) is 18.2 Å². The number of nitrogens with zero attached hydrogens (tertiary/aromatic N) is 3. The number of aromatic nitrogens is 2. The molecule has 1 aliphatic heterocycles. The van der Waals surface area contributed by atoms with E-state index >= 15 is 0 Å². The first-order valence-electron chi connectivity index (χ1n) is 10.1. The van der Waals surface area contributed by atoms with Gasteiger partial charge in [0.25, 0.3) is 0 Å². The fraction of sp³-hybridized carbons (Fsp3) is 0.545. The Bertz CT molecular complexity index is 816. The Morgan fingerprint density at radius 1 is 1.11 bits per heavy atom. The number of piperidine rings is 1. The molecule has 1 aromatic carbocycles. The average molecular weight is 389 g/mol. The van der Waals surface area contributed by atoms with E-state index in [2.05, 4.69) is 38.4 Å². The number of carbonyl (C=O) groups is 1. The van der Waals surface area contributed by atoms with Crippen LogP contribution in [0.5, 0.6) is 0 Å². The maximum Gasteiger partial charge on any atom is 0.227 e. The van der Waals surface area contributed by atoms with Crippen LogP contribution in [-0.2, 0) is 11.2 Å². The predicted octanol–water partition coefficient (Wildman–Crippen LogP) is 4.81. The third kappa shape index (κ3) is 4.26. The van der Waals surface area contributed by atoms with Crippen molar-refractivity contribution in [2.45, 2.75) is 64.8 Å². The highest BCUT2D eigenvalue weighted by molar-refractivity contribution is 5.79. The molecule has 2 heterocycles. The molecule has 3 rings (SSSR count). The minimum absolute atomic E-state index is 0.148. The van der Waals surface area contributed by atoms with Crippen molar-refractivity contribution in [3.8, 4) is 0 Å². The number of hydrogen-bond donors (Lipinski definition) is 0. The number of likely N-dealkylation sites (tertiary alicyclic amines) is 1. The standard InChI is InChI=1S/C22H29F2N3O/c1-14(2)20-13-21(15(3)4)27(25-20)16-8-10-26(11-9-16)22(28)12-17-18(23)6-5-7-19(17)24/h5-7,13-16H,8-12H2,1-4H3. The fourth-order valence-electron chi connectivity index (χ4n) is 3.76. The summed E-state index contributed by atoms with van der Waals surface area (Å²) in [5.74, 6) is -0.806. The lowest BCUT2D eigenvalue weighted by atomic mass is 10.0. The molecule has 0 N–H and O–H groups in total. The molecule has 1 aromatic heterocycles. The number of carbonyl (C=O) groups excluding carboxylic acids is 1. The molecule has 0 radical (unpaired) electrons. The highest BCUT2D eigenvalue weighted by atomic mass is 19.1. The molecule has 0 atom stereocenters. The van der Waals surface area contributed by atoms with E-state index in [0.29, 0.717) is 24.9 Å². The number of benzene rings is 1. The van der Waals surface area contributed by atoms with Crippen molar-refractivity contribution in [2.24, 2.45) is 0 Å². The van der Waals surface area contributed by atoms with Crippen LogP contribution < -0.4 is 0 Å². The zero-order valence-electron chi connectivity index (χ0n) is 17.1. The van der Waals surface area contributed by atoms with Crippen LogP contribution in [0.1, 0.15) is 75.4 Å². The van der Waals surface area contributed by atoms with Gasteiger partial charge in [0.1, 0.15) is 11.6 Å². The van der Waals surface area contributed by atoms with Gasteiger partial charge in [0.15, 0.2) is 0 Å². The van der Waals surface area contributed by atoms with E-state index in [1.165, 1.54) is 23.9 Å². The highest BCUT2D eigenvalue weighted by Gasteiger charge is 2.28. The van der Waals surface area contributed by atoms with Crippen molar-refractivity contribution in [3.63, 3.8) is 0 Å². The Labute approximate surface area is 165 Å². The Morgan fingerprint density at radius 2 is 1.71 bits per heavy atom. The largest absolute Gasteiger partial charge is 0.342 e. The molecule has 1 fully saturated rings. The average Bonchev–Trinajstić information content (AvgIpc) is 3.11. The van der Waals surface area contributed by atoms with E-state index in [1.807, 2.05) is 0 Å². The zero-order valence-corrected chi connectivity index (χ0v) is 17.1. The first-order valence-corrected chi connectivity index (χ1v) is 10.1. The molecule has 1 amide bonds. The normalized spacial score (nSPS) is 15.6. The molecule has 1 saturated heterocycles. The third-order valence-corrected chi connectivity index (χ3v) is 5.52. The Morgan fingerprint density at radius 3 is 2.25 bits per heavy atom. The van der Waals surface area contributed by atoms with Gasteiger partial charge in [-0.15, -0.1) is 0 Å². The highest BCUT2D eigenvalue weighted by Crippen LogP contribution is 2.29. The Kier molecular flexibility index (Phi) is 6.16. The second-order valence-corrected chi connectivity index (χ2v) is 8.24. The molecule has 6 heteroatoms. The van der Waals surface area contributed by atoms with Gasteiger partial charge in [-0.1, -0.05) is 33.8 Å². The molecule has 0 bridgehead atoms. The van der Waals surface area contributed by atoms with Crippen LogP contribution in [0.15, 0.2) is 24.3 Å². The summed E-state index contributed by atoms with van der Waals surface area (Å²) in [4.78, 5) is 14.3. The Hall–Kier alpha value is -2.24. The summed E-state index contributed by atoms with van der Waals surface area (Å²) in [5, 5.41) is 4.83. The summed E-state index contributed by atoms with van der Waals surface area (Å²) in [7, 11) is 0. The summed E-state index contributed by atoms with van der Waals surface area (Å²) in [6.07, 6.45) is 1.36. The van der Waals surface area contributed by atoms with Gasteiger partial charge in [-0.05, 0) is 42.9 Å². The molecule has 1 aliphatic rings. The number of amides is 1. The van der Waals surface area contributed by atoms with Gasteiger partial charge < -0.3 is 4.90 Å². The molecule has 0 aliphatic carbocycles. The smallest absolute Gasteiger partial charge is 0.227 e. The summed E-state index contributed by atoms with van der Waals surface area (Å²) >= 11 is 0. The summed E-state index contributed by atoms with van der Waals surface area (Å²) < 4.78 is 29.8. The van der Waals surface area contributed by atoms with Gasteiger partial charge in [0.2, 0.25) is 5.91 Å². The van der Waals surface area contributed by atoms with Crippen LogP contribution in [0.2, 0.25) is 0 Å². The first kappa shape index (κ1) is 20.5. The van der Waals surface area contributed by atoms with Crippen LogP contribution in [0, 0.1) is 11.6 Å². The lowest BCUT2D eigenvalue weighted by molar-refractivity contribution is -0.131. The van der Waals surface area contributed by atoms with Crippen LogP contribution >= 0.6 is 0 Å². The van der Waals surface area contributed by atoms with Crippen molar-refractivity contribution >= 4 is 5.91 Å². The molecule has 2 aromatic rings. The van der Waals surface area contributed by atoms with Crippen molar-refractivity contribution in [2.75, 3.05) is 13.1 Å². The van der Waals surface area contributed by atoms with Crippen molar-refractivity contribution in [1.29, 1.82) is 0 Å². The van der Waals surface area contributed by atoms with E-state index in [9.17, 15) is 13.6 Å². The quantitative estimate of drug-likeness (QED) is 0.736. The molecule has 28 heavy (non-hydrogen) atoms. The summed E-state index contributed by atoms with van der Waals surface area (Å²) in [6, 6.07) is 6.13. The maximum atomic E-state index is 13.8. The van der Waals surface area contributed by atoms with E-state index in [-0.39, 0.29) is 23.9 Å². The molecular weight excluding hydrogens is 360 g/mol. The van der Waals surface area contributed by atoms with E-state index in [4.69, 9.17) is 5.10 Å². The van der Waals surface area contributed by atoms with Gasteiger partial charge in [0, 0.05) is 24.3 Å². The van der Waals surface area contributed by atoms with Crippen LogP contribution in [0.3, 0.4) is 0 Å². The maximum absolute atomic E-state index is 13.8. The SMILES string of the molecule is CC(C)c1cc(C(C)C)n(C2CCN(C(=O)Cc3c(F)cccc3F)CC2)n1. The molecule has 4 nitrogen and oxygen atoms in total. The third-order valence-electron chi connectivity index (χ3n) is 5.52. The van der Waals surface area contributed by atoms with Crippen molar-refractivity contribution in [1.82, 2.24) is 14.7 Å². The number of rotatable bonds is 5. The van der Waals surface area contributed by atoms with Crippen LogP contribution in [-0.4, -0.2) is 33.7 Å².